The van der Waals surface area contributed by atoms with Crippen LogP contribution in [-0.4, -0.2) is 6.47 Å². The predicted molar refractivity (Wildman–Crippen MR) is 37.1 cm³/mol. The second-order valence-corrected chi connectivity index (χ2v) is 2.35. The van der Waals surface area contributed by atoms with Crippen molar-refractivity contribution in [3.05, 3.63) is 34.9 Å². The summed E-state index contributed by atoms with van der Waals surface area (Å²) in [4.78, 5) is 9.72. The average molecular weight is 208 g/mol. The van der Waals surface area contributed by atoms with Gasteiger partial charge in [-0.1, -0.05) is 0 Å². The number of carbonyl (C=O) groups excluding carboxylic acids is 1. The van der Waals surface area contributed by atoms with E-state index >= 15 is 0 Å². The number of hydrogen-bond acceptors (Lipinski definition) is 2. The van der Waals surface area contributed by atoms with Gasteiger partial charge in [0.1, 0.15) is 6.61 Å². The Bertz CT molecular complexity index is 339. The van der Waals surface area contributed by atoms with Crippen molar-refractivity contribution in [2.75, 3.05) is 0 Å². The van der Waals surface area contributed by atoms with Crippen molar-refractivity contribution in [3.8, 4) is 0 Å². The molecule has 0 aliphatic carbocycles. The van der Waals surface area contributed by atoms with Crippen LogP contribution in [0.5, 0.6) is 0 Å². The molecule has 1 rings (SSSR count). The van der Waals surface area contributed by atoms with Crippen LogP contribution in [0.25, 0.3) is 0 Å². The van der Waals surface area contributed by atoms with Crippen LogP contribution in [0.1, 0.15) is 5.56 Å². The van der Waals surface area contributed by atoms with Crippen molar-refractivity contribution in [1.29, 1.82) is 0 Å². The minimum absolute atomic E-state index is 0.0784. The highest BCUT2D eigenvalue weighted by Crippen LogP contribution is 2.19. The lowest BCUT2D eigenvalue weighted by Gasteiger charge is -2.04. The van der Waals surface area contributed by atoms with Crippen molar-refractivity contribution >= 4 is 6.47 Å². The van der Waals surface area contributed by atoms with Gasteiger partial charge in [0.25, 0.3) is 6.47 Å². The highest BCUT2D eigenvalue weighted by Gasteiger charge is 2.18. The summed E-state index contributed by atoms with van der Waals surface area (Å²) in [5.41, 5.74) is -0.949. The number of carbonyl (C=O) groups is 1. The van der Waals surface area contributed by atoms with Gasteiger partial charge < -0.3 is 4.74 Å². The van der Waals surface area contributed by atoms with Gasteiger partial charge in [0.2, 0.25) is 0 Å². The predicted octanol–water partition coefficient (Wildman–Crippen LogP) is 1.92. The normalized spacial score (nSPS) is 10.0. The second kappa shape index (κ2) is 4.08. The summed E-state index contributed by atoms with van der Waals surface area (Å²) < 4.78 is 54.6. The first-order valence-electron chi connectivity index (χ1n) is 3.45. The Morgan fingerprint density at radius 1 is 1.14 bits per heavy atom. The summed E-state index contributed by atoms with van der Waals surface area (Å²) in [6.45, 7) is -0.933. The van der Waals surface area contributed by atoms with Crippen molar-refractivity contribution in [2.24, 2.45) is 0 Å². The van der Waals surface area contributed by atoms with Crippen LogP contribution >= 0.6 is 0 Å². The number of benzene rings is 1. The molecule has 0 saturated heterocycles. The van der Waals surface area contributed by atoms with Gasteiger partial charge in [-0.15, -0.1) is 0 Å². The third kappa shape index (κ3) is 1.84. The van der Waals surface area contributed by atoms with Gasteiger partial charge in [0.15, 0.2) is 23.3 Å². The summed E-state index contributed by atoms with van der Waals surface area (Å²) in [5, 5.41) is 0. The summed E-state index contributed by atoms with van der Waals surface area (Å²) in [6.07, 6.45) is 0. The van der Waals surface area contributed by atoms with Gasteiger partial charge in [0.05, 0.1) is 5.56 Å². The Morgan fingerprint density at radius 2 is 1.64 bits per heavy atom. The van der Waals surface area contributed by atoms with Gasteiger partial charge in [0, 0.05) is 6.07 Å². The van der Waals surface area contributed by atoms with E-state index in [1.54, 1.807) is 0 Å². The number of halogens is 4. The van der Waals surface area contributed by atoms with E-state index in [9.17, 15) is 22.4 Å². The third-order valence-electron chi connectivity index (χ3n) is 1.50. The maximum absolute atomic E-state index is 12.8. The Kier molecular flexibility index (Phi) is 3.06. The Labute approximate surface area is 76.1 Å². The molecular weight excluding hydrogens is 204 g/mol. The van der Waals surface area contributed by atoms with Crippen LogP contribution in [0, 0.1) is 23.3 Å². The van der Waals surface area contributed by atoms with E-state index in [-0.39, 0.29) is 12.5 Å². The van der Waals surface area contributed by atoms with Gasteiger partial charge in [-0.05, 0) is 0 Å². The fourth-order valence-electron chi connectivity index (χ4n) is 0.867. The largest absolute Gasteiger partial charge is 0.463 e. The molecule has 0 saturated carbocycles. The molecule has 0 radical (unpaired) electrons. The van der Waals surface area contributed by atoms with Gasteiger partial charge >= 0.3 is 0 Å². The van der Waals surface area contributed by atoms with Crippen LogP contribution in [-0.2, 0) is 16.1 Å². The lowest BCUT2D eigenvalue weighted by atomic mass is 10.2. The zero-order chi connectivity index (χ0) is 10.7. The Balaban J connectivity index is 3.17. The minimum Gasteiger partial charge on any atom is -0.463 e. The summed E-state index contributed by atoms with van der Waals surface area (Å²) in [5.74, 6) is -6.20. The molecule has 0 aromatic heterocycles. The first kappa shape index (κ1) is 10.5. The molecule has 6 heteroatoms. The summed E-state index contributed by atoms with van der Waals surface area (Å²) >= 11 is 0. The molecule has 76 valence electrons. The molecule has 0 aliphatic heterocycles. The molecule has 0 atom stereocenters. The van der Waals surface area contributed by atoms with E-state index in [2.05, 4.69) is 4.74 Å². The quantitative estimate of drug-likeness (QED) is 0.431. The zero-order valence-corrected chi connectivity index (χ0v) is 6.69. The fraction of sp³-hybridized carbons (Fsp3) is 0.125. The minimum atomic E-state index is -1.56. The van der Waals surface area contributed by atoms with Gasteiger partial charge in [-0.25, -0.2) is 17.6 Å². The number of rotatable bonds is 3. The van der Waals surface area contributed by atoms with Gasteiger partial charge in [-0.2, -0.15) is 0 Å². The van der Waals surface area contributed by atoms with Crippen LogP contribution < -0.4 is 0 Å². The fourth-order valence-corrected chi connectivity index (χ4v) is 0.867. The summed E-state index contributed by atoms with van der Waals surface area (Å²) in [6, 6.07) is 0.0784. The number of ether oxygens (including phenoxy) is 1. The molecule has 0 unspecified atom stereocenters. The molecule has 0 fully saturated rings. The van der Waals surface area contributed by atoms with E-state index in [0.717, 1.165) is 0 Å². The molecule has 0 N–H and O–H groups in total. The Morgan fingerprint density at radius 3 is 2.07 bits per heavy atom. The molecule has 1 aromatic rings. The highest BCUT2D eigenvalue weighted by atomic mass is 19.2. The zero-order valence-electron chi connectivity index (χ0n) is 6.69. The lowest BCUT2D eigenvalue weighted by molar-refractivity contribution is -0.129. The van der Waals surface area contributed by atoms with Crippen LogP contribution in [0.2, 0.25) is 0 Å². The average Bonchev–Trinajstić information content (AvgIpc) is 2.15. The standard InChI is InChI=1S/C8H4F4O2/c9-5-1-6(10)8(12)4(7(5)11)2-14-3-13/h1,3H,2H2. The first-order chi connectivity index (χ1) is 6.57. The van der Waals surface area contributed by atoms with Crippen LogP contribution in [0.15, 0.2) is 6.07 Å². The van der Waals surface area contributed by atoms with E-state index < -0.39 is 35.4 Å². The van der Waals surface area contributed by atoms with Gasteiger partial charge in [-0.3, -0.25) is 4.79 Å². The van der Waals surface area contributed by atoms with E-state index in [1.165, 1.54) is 0 Å². The molecule has 0 heterocycles. The van der Waals surface area contributed by atoms with Crippen molar-refractivity contribution in [3.63, 3.8) is 0 Å². The van der Waals surface area contributed by atoms with E-state index in [4.69, 9.17) is 0 Å². The third-order valence-corrected chi connectivity index (χ3v) is 1.50. The monoisotopic (exact) mass is 208 g/mol. The van der Waals surface area contributed by atoms with Crippen LogP contribution in [0.3, 0.4) is 0 Å². The molecule has 1 aromatic carbocycles. The SMILES string of the molecule is O=COCc1c(F)c(F)cc(F)c1F. The first-order valence-corrected chi connectivity index (χ1v) is 3.45. The second-order valence-electron chi connectivity index (χ2n) is 2.35. The maximum atomic E-state index is 12.8. The molecule has 0 aliphatic rings. The smallest absolute Gasteiger partial charge is 0.293 e. The number of hydrogen-bond donors (Lipinski definition) is 0. The lowest BCUT2D eigenvalue weighted by Crippen LogP contribution is -2.04. The Hall–Kier alpha value is -1.59. The van der Waals surface area contributed by atoms with Crippen LogP contribution in [0.4, 0.5) is 17.6 Å². The highest BCUT2D eigenvalue weighted by molar-refractivity contribution is 5.37. The van der Waals surface area contributed by atoms with Crippen molar-refractivity contribution in [2.45, 2.75) is 6.61 Å². The molecular formula is C8H4F4O2. The molecule has 14 heavy (non-hydrogen) atoms. The molecule has 0 amide bonds. The maximum Gasteiger partial charge on any atom is 0.293 e. The van der Waals surface area contributed by atoms with Crippen molar-refractivity contribution < 1.29 is 27.1 Å². The summed E-state index contributed by atoms with van der Waals surface area (Å²) in [7, 11) is 0. The van der Waals surface area contributed by atoms with E-state index in [0.29, 0.717) is 0 Å². The molecule has 0 bridgehead atoms. The van der Waals surface area contributed by atoms with E-state index in [1.807, 2.05) is 0 Å². The van der Waals surface area contributed by atoms with Crippen molar-refractivity contribution in [1.82, 2.24) is 0 Å². The molecule has 2 nitrogen and oxygen atoms in total. The topological polar surface area (TPSA) is 26.3 Å². The molecule has 0 spiro atoms.